The van der Waals surface area contributed by atoms with Crippen LogP contribution in [0.5, 0.6) is 11.5 Å². The molecule has 10 heteroatoms. The number of para-hydroxylation sites is 1. The van der Waals surface area contributed by atoms with Crippen LogP contribution in [-0.4, -0.2) is 65.8 Å². The highest BCUT2D eigenvalue weighted by Gasteiger charge is 2.17. The van der Waals surface area contributed by atoms with Gasteiger partial charge in [-0.1, -0.05) is 17.7 Å². The van der Waals surface area contributed by atoms with Gasteiger partial charge in [0, 0.05) is 31.8 Å². The number of rotatable bonds is 7. The van der Waals surface area contributed by atoms with Gasteiger partial charge in [0.25, 0.3) is 0 Å². The molecule has 0 radical (unpaired) electrons. The molecule has 0 atom stereocenters. The number of fused-ring (bicyclic) bond motifs is 3. The van der Waals surface area contributed by atoms with E-state index in [1.54, 1.807) is 31.8 Å². The summed E-state index contributed by atoms with van der Waals surface area (Å²) in [7, 11) is 1.60. The second-order valence-electron chi connectivity index (χ2n) is 7.63. The fourth-order valence-corrected chi connectivity index (χ4v) is 4.08. The molecule has 0 unspecified atom stereocenters. The molecular formula is C23H23ClFN5O3. The fraction of sp³-hybridized carbons (Fsp3) is 0.304. The first-order valence-corrected chi connectivity index (χ1v) is 11.0. The van der Waals surface area contributed by atoms with E-state index >= 15 is 0 Å². The predicted molar refractivity (Wildman–Crippen MR) is 124 cm³/mol. The third kappa shape index (κ3) is 4.39. The van der Waals surface area contributed by atoms with E-state index in [0.29, 0.717) is 35.0 Å². The summed E-state index contributed by atoms with van der Waals surface area (Å²) in [5.41, 5.74) is 2.25. The van der Waals surface area contributed by atoms with Crippen LogP contribution >= 0.6 is 11.6 Å². The van der Waals surface area contributed by atoms with Crippen LogP contribution in [0.25, 0.3) is 16.6 Å². The zero-order valence-electron chi connectivity index (χ0n) is 18.1. The molecule has 1 aliphatic rings. The Balaban J connectivity index is 1.49. The van der Waals surface area contributed by atoms with Gasteiger partial charge in [-0.25, -0.2) is 14.4 Å². The second-order valence-corrected chi connectivity index (χ2v) is 8.03. The summed E-state index contributed by atoms with van der Waals surface area (Å²) in [4.78, 5) is 11.3. The zero-order chi connectivity index (χ0) is 22.8. The molecule has 1 saturated heterocycles. The maximum Gasteiger partial charge on any atom is 0.163 e. The molecule has 2 aromatic heterocycles. The van der Waals surface area contributed by atoms with Crippen LogP contribution in [0.2, 0.25) is 5.02 Å². The number of hydrogen-bond donors (Lipinski definition) is 1. The van der Waals surface area contributed by atoms with Gasteiger partial charge >= 0.3 is 0 Å². The lowest BCUT2D eigenvalue weighted by Gasteiger charge is -2.26. The summed E-state index contributed by atoms with van der Waals surface area (Å²) < 4.78 is 33.3. The SMILES string of the molecule is COc1cc2c(cc1OCCN1CCOCC1)nc(Nc1c(F)cccc1Cl)c1cncn12. The van der Waals surface area contributed by atoms with Gasteiger partial charge < -0.3 is 19.5 Å². The molecule has 172 valence electrons. The van der Waals surface area contributed by atoms with Crippen LogP contribution in [0, 0.1) is 5.82 Å². The van der Waals surface area contributed by atoms with E-state index in [1.165, 1.54) is 6.07 Å². The highest BCUT2D eigenvalue weighted by atomic mass is 35.5. The van der Waals surface area contributed by atoms with E-state index in [2.05, 4.69) is 15.2 Å². The summed E-state index contributed by atoms with van der Waals surface area (Å²) in [6, 6.07) is 8.20. The van der Waals surface area contributed by atoms with Gasteiger partial charge in [-0.05, 0) is 12.1 Å². The lowest BCUT2D eigenvalue weighted by Crippen LogP contribution is -2.38. The minimum absolute atomic E-state index is 0.157. The van der Waals surface area contributed by atoms with Crippen molar-refractivity contribution in [1.82, 2.24) is 19.3 Å². The van der Waals surface area contributed by atoms with Gasteiger partial charge in [0.15, 0.2) is 17.3 Å². The van der Waals surface area contributed by atoms with E-state index in [-0.39, 0.29) is 10.7 Å². The molecule has 1 fully saturated rings. The summed E-state index contributed by atoms with van der Waals surface area (Å²) >= 11 is 6.21. The molecule has 0 bridgehead atoms. The second kappa shape index (κ2) is 9.38. The number of anilines is 2. The van der Waals surface area contributed by atoms with Crippen molar-refractivity contribution >= 4 is 39.7 Å². The van der Waals surface area contributed by atoms with Crippen LogP contribution < -0.4 is 14.8 Å². The highest BCUT2D eigenvalue weighted by Crippen LogP contribution is 2.35. The molecular weight excluding hydrogens is 449 g/mol. The molecule has 0 spiro atoms. The Hall–Kier alpha value is -3.14. The van der Waals surface area contributed by atoms with Gasteiger partial charge in [0.2, 0.25) is 0 Å². The normalized spacial score (nSPS) is 14.6. The summed E-state index contributed by atoms with van der Waals surface area (Å²) in [5.74, 6) is 1.14. The van der Waals surface area contributed by atoms with Crippen LogP contribution in [-0.2, 0) is 4.74 Å². The molecule has 1 N–H and O–H groups in total. The Morgan fingerprint density at radius 1 is 1.18 bits per heavy atom. The minimum atomic E-state index is -0.469. The van der Waals surface area contributed by atoms with Crippen molar-refractivity contribution in [3.05, 3.63) is 53.7 Å². The molecule has 8 nitrogen and oxygen atoms in total. The van der Waals surface area contributed by atoms with Crippen LogP contribution in [0.4, 0.5) is 15.9 Å². The lowest BCUT2D eigenvalue weighted by atomic mass is 10.2. The van der Waals surface area contributed by atoms with Crippen molar-refractivity contribution in [2.75, 3.05) is 51.9 Å². The Morgan fingerprint density at radius 3 is 2.82 bits per heavy atom. The molecule has 0 aliphatic carbocycles. The van der Waals surface area contributed by atoms with Crippen LogP contribution in [0.1, 0.15) is 0 Å². The van der Waals surface area contributed by atoms with Gasteiger partial charge in [-0.15, -0.1) is 0 Å². The summed E-state index contributed by atoms with van der Waals surface area (Å²) in [5, 5.41) is 3.29. The molecule has 4 aromatic rings. The number of morpholine rings is 1. The van der Waals surface area contributed by atoms with Crippen molar-refractivity contribution < 1.29 is 18.6 Å². The smallest absolute Gasteiger partial charge is 0.163 e. The van der Waals surface area contributed by atoms with Gasteiger partial charge in [-0.2, -0.15) is 0 Å². The number of imidazole rings is 1. The Morgan fingerprint density at radius 2 is 2.03 bits per heavy atom. The lowest BCUT2D eigenvalue weighted by molar-refractivity contribution is 0.0321. The highest BCUT2D eigenvalue weighted by molar-refractivity contribution is 6.33. The monoisotopic (exact) mass is 471 g/mol. The number of nitrogens with zero attached hydrogens (tertiary/aromatic N) is 4. The average molecular weight is 472 g/mol. The largest absolute Gasteiger partial charge is 0.493 e. The minimum Gasteiger partial charge on any atom is -0.493 e. The van der Waals surface area contributed by atoms with Crippen molar-refractivity contribution in [2.45, 2.75) is 0 Å². The third-order valence-corrected chi connectivity index (χ3v) is 5.92. The molecule has 0 saturated carbocycles. The van der Waals surface area contributed by atoms with Gasteiger partial charge in [-0.3, -0.25) is 9.30 Å². The first-order chi connectivity index (χ1) is 16.1. The molecule has 33 heavy (non-hydrogen) atoms. The maximum atomic E-state index is 14.4. The van der Waals surface area contributed by atoms with Gasteiger partial charge in [0.1, 0.15) is 17.9 Å². The fourth-order valence-electron chi connectivity index (χ4n) is 3.87. The third-order valence-electron chi connectivity index (χ3n) is 5.61. The van der Waals surface area contributed by atoms with Crippen molar-refractivity contribution in [1.29, 1.82) is 0 Å². The first-order valence-electron chi connectivity index (χ1n) is 10.6. The standard InChI is InChI=1S/C23H23ClFN5O3/c1-31-20-12-18-17(11-21(20)33-10-7-29-5-8-32-9-6-29)27-23(19-13-26-14-30(18)19)28-22-15(24)3-2-4-16(22)25/h2-4,11-14H,5-10H2,1H3,(H,27,28). The Labute approximate surface area is 194 Å². The molecule has 1 aliphatic heterocycles. The first kappa shape index (κ1) is 21.7. The van der Waals surface area contributed by atoms with Crippen molar-refractivity contribution in [2.24, 2.45) is 0 Å². The van der Waals surface area contributed by atoms with E-state index < -0.39 is 5.82 Å². The zero-order valence-corrected chi connectivity index (χ0v) is 18.8. The quantitative estimate of drug-likeness (QED) is 0.434. The average Bonchev–Trinajstić information content (AvgIpc) is 3.32. The number of hydrogen-bond acceptors (Lipinski definition) is 7. The number of aromatic nitrogens is 3. The molecule has 5 rings (SSSR count). The molecule has 2 aromatic carbocycles. The summed E-state index contributed by atoms with van der Waals surface area (Å²) in [6.45, 7) is 4.57. The Kier molecular flexibility index (Phi) is 6.17. The predicted octanol–water partition coefficient (Wildman–Crippen LogP) is 4.14. The molecule has 0 amide bonds. The number of methoxy groups -OCH3 is 1. The van der Waals surface area contributed by atoms with Crippen molar-refractivity contribution in [3.8, 4) is 11.5 Å². The van der Waals surface area contributed by atoms with Crippen LogP contribution in [0.15, 0.2) is 42.9 Å². The van der Waals surface area contributed by atoms with E-state index in [0.717, 1.165) is 38.4 Å². The van der Waals surface area contributed by atoms with E-state index in [1.807, 2.05) is 16.5 Å². The number of benzene rings is 2. The number of nitrogens with one attached hydrogen (secondary N) is 1. The van der Waals surface area contributed by atoms with Crippen LogP contribution in [0.3, 0.4) is 0 Å². The van der Waals surface area contributed by atoms with Gasteiger partial charge in [0.05, 0.1) is 54.6 Å². The topological polar surface area (TPSA) is 73.2 Å². The summed E-state index contributed by atoms with van der Waals surface area (Å²) in [6.07, 6.45) is 3.33. The number of halogens is 2. The van der Waals surface area contributed by atoms with E-state index in [9.17, 15) is 4.39 Å². The maximum absolute atomic E-state index is 14.4. The number of ether oxygens (including phenoxy) is 3. The van der Waals surface area contributed by atoms with E-state index in [4.69, 9.17) is 30.8 Å². The molecule has 3 heterocycles. The van der Waals surface area contributed by atoms with Crippen molar-refractivity contribution in [3.63, 3.8) is 0 Å². The Bertz CT molecular complexity index is 1270.